The van der Waals surface area contributed by atoms with Gasteiger partial charge in [0, 0.05) is 19.5 Å². The van der Waals surface area contributed by atoms with Gasteiger partial charge in [-0.25, -0.2) is 4.79 Å². The second-order valence-corrected chi connectivity index (χ2v) is 6.91. The van der Waals surface area contributed by atoms with Gasteiger partial charge in [-0.2, -0.15) is 0 Å². The Bertz CT molecular complexity index is 641. The molecule has 134 valence electrons. The van der Waals surface area contributed by atoms with Crippen molar-refractivity contribution in [3.05, 3.63) is 35.9 Å². The lowest BCUT2D eigenvalue weighted by molar-refractivity contribution is -0.138. The van der Waals surface area contributed by atoms with Gasteiger partial charge in [-0.3, -0.25) is 14.5 Å². The molecule has 4 amide bonds. The third-order valence-corrected chi connectivity index (χ3v) is 5.20. The van der Waals surface area contributed by atoms with Crippen molar-refractivity contribution in [1.82, 2.24) is 15.1 Å². The summed E-state index contributed by atoms with van der Waals surface area (Å²) in [6.07, 6.45) is 5.91. The zero-order chi connectivity index (χ0) is 17.8. The maximum Gasteiger partial charge on any atom is 0.325 e. The number of rotatable bonds is 5. The maximum atomic E-state index is 12.5. The van der Waals surface area contributed by atoms with Crippen molar-refractivity contribution >= 4 is 17.8 Å². The van der Waals surface area contributed by atoms with Crippen LogP contribution in [0.2, 0.25) is 0 Å². The van der Waals surface area contributed by atoms with E-state index in [1.807, 2.05) is 30.3 Å². The molecule has 1 aliphatic heterocycles. The summed E-state index contributed by atoms with van der Waals surface area (Å²) in [5.74, 6) is -0.491. The van der Waals surface area contributed by atoms with Crippen LogP contribution in [0.4, 0.5) is 4.79 Å². The summed E-state index contributed by atoms with van der Waals surface area (Å²) >= 11 is 0. The van der Waals surface area contributed by atoms with Crippen molar-refractivity contribution in [3.8, 4) is 0 Å². The molecule has 1 saturated carbocycles. The molecule has 1 heterocycles. The van der Waals surface area contributed by atoms with E-state index in [2.05, 4.69) is 5.32 Å². The van der Waals surface area contributed by atoms with Gasteiger partial charge in [-0.1, -0.05) is 49.6 Å². The van der Waals surface area contributed by atoms with E-state index < -0.39 is 12.1 Å². The van der Waals surface area contributed by atoms with Crippen LogP contribution in [0.5, 0.6) is 0 Å². The van der Waals surface area contributed by atoms with Crippen molar-refractivity contribution < 1.29 is 14.4 Å². The Morgan fingerprint density at radius 3 is 2.52 bits per heavy atom. The third-order valence-electron chi connectivity index (χ3n) is 5.20. The topological polar surface area (TPSA) is 69.7 Å². The fourth-order valence-corrected chi connectivity index (χ4v) is 3.63. The number of amides is 4. The number of nitrogens with one attached hydrogen (secondary N) is 1. The summed E-state index contributed by atoms with van der Waals surface area (Å²) in [5, 5.41) is 2.69. The van der Waals surface area contributed by atoms with Crippen LogP contribution in [0.1, 0.15) is 37.7 Å². The molecular formula is C19H25N3O3. The lowest BCUT2D eigenvalue weighted by atomic mass is 9.94. The zero-order valence-corrected chi connectivity index (χ0v) is 14.6. The molecule has 1 aromatic rings. The van der Waals surface area contributed by atoms with Crippen LogP contribution >= 0.6 is 0 Å². The van der Waals surface area contributed by atoms with E-state index in [-0.39, 0.29) is 24.4 Å². The summed E-state index contributed by atoms with van der Waals surface area (Å²) in [5.41, 5.74) is 0.980. The molecule has 0 radical (unpaired) electrons. The minimum absolute atomic E-state index is 0.171. The number of urea groups is 1. The number of benzene rings is 1. The Morgan fingerprint density at radius 1 is 1.16 bits per heavy atom. The van der Waals surface area contributed by atoms with Crippen molar-refractivity contribution in [2.45, 2.75) is 50.6 Å². The lowest BCUT2D eigenvalue weighted by Crippen LogP contribution is -2.46. The average molecular weight is 343 g/mol. The van der Waals surface area contributed by atoms with E-state index >= 15 is 0 Å². The molecule has 25 heavy (non-hydrogen) atoms. The highest BCUT2D eigenvalue weighted by molar-refractivity contribution is 6.06. The molecule has 1 aliphatic carbocycles. The van der Waals surface area contributed by atoms with Crippen molar-refractivity contribution in [2.75, 3.05) is 13.6 Å². The molecule has 1 unspecified atom stereocenters. The number of nitrogens with zero attached hydrogens (tertiary/aromatic N) is 2. The highest BCUT2D eigenvalue weighted by atomic mass is 16.2. The molecule has 2 fully saturated rings. The summed E-state index contributed by atoms with van der Waals surface area (Å²) in [6, 6.07) is 8.70. The number of carbonyl (C=O) groups is 3. The van der Waals surface area contributed by atoms with Gasteiger partial charge in [0.2, 0.25) is 5.91 Å². The SMILES string of the molecule is CN(C(=O)CN1C(=O)NC(Cc2ccccc2)C1=O)C1CCCCC1. The standard InChI is InChI=1S/C19H25N3O3/c1-21(15-10-6-3-7-11-15)17(23)13-22-18(24)16(20-19(22)25)12-14-8-4-2-5-9-14/h2,4-5,8-9,15-16H,3,6-7,10-13H2,1H3,(H,20,25). The summed E-state index contributed by atoms with van der Waals surface area (Å²) < 4.78 is 0. The van der Waals surface area contributed by atoms with E-state index in [1.165, 1.54) is 6.42 Å². The Morgan fingerprint density at radius 2 is 1.84 bits per heavy atom. The Kier molecular flexibility index (Phi) is 5.36. The predicted molar refractivity (Wildman–Crippen MR) is 93.8 cm³/mol. The highest BCUT2D eigenvalue weighted by Crippen LogP contribution is 2.22. The normalized spacial score (nSPS) is 21.3. The Labute approximate surface area is 148 Å². The summed E-state index contributed by atoms with van der Waals surface area (Å²) in [7, 11) is 1.78. The summed E-state index contributed by atoms with van der Waals surface area (Å²) in [4.78, 5) is 39.9. The highest BCUT2D eigenvalue weighted by Gasteiger charge is 2.39. The Balaban J connectivity index is 1.59. The first-order valence-corrected chi connectivity index (χ1v) is 8.97. The fraction of sp³-hybridized carbons (Fsp3) is 0.526. The number of imide groups is 1. The molecule has 0 aromatic heterocycles. The van der Waals surface area contributed by atoms with Crippen LogP contribution in [-0.4, -0.2) is 53.3 Å². The van der Waals surface area contributed by atoms with Gasteiger partial charge in [-0.15, -0.1) is 0 Å². The van der Waals surface area contributed by atoms with Gasteiger partial charge in [0.05, 0.1) is 0 Å². The van der Waals surface area contributed by atoms with Gasteiger partial charge in [0.15, 0.2) is 0 Å². The van der Waals surface area contributed by atoms with Crippen LogP contribution in [0.25, 0.3) is 0 Å². The monoisotopic (exact) mass is 343 g/mol. The minimum Gasteiger partial charge on any atom is -0.341 e. The summed E-state index contributed by atoms with van der Waals surface area (Å²) in [6.45, 7) is -0.178. The number of hydrogen-bond donors (Lipinski definition) is 1. The lowest BCUT2D eigenvalue weighted by Gasteiger charge is -2.32. The van der Waals surface area contributed by atoms with E-state index in [0.29, 0.717) is 6.42 Å². The smallest absolute Gasteiger partial charge is 0.325 e. The number of likely N-dealkylation sites (N-methyl/N-ethyl adjacent to an activating group) is 1. The van der Waals surface area contributed by atoms with E-state index in [1.54, 1.807) is 11.9 Å². The van der Waals surface area contributed by atoms with E-state index in [9.17, 15) is 14.4 Å². The van der Waals surface area contributed by atoms with Gasteiger partial charge in [0.25, 0.3) is 5.91 Å². The molecule has 1 saturated heterocycles. The largest absolute Gasteiger partial charge is 0.341 e. The molecule has 3 rings (SSSR count). The van der Waals surface area contributed by atoms with Gasteiger partial charge >= 0.3 is 6.03 Å². The molecule has 6 nitrogen and oxygen atoms in total. The van der Waals surface area contributed by atoms with Crippen molar-refractivity contribution in [1.29, 1.82) is 0 Å². The van der Waals surface area contributed by atoms with Crippen LogP contribution in [0.3, 0.4) is 0 Å². The first-order valence-electron chi connectivity index (χ1n) is 8.97. The fourth-order valence-electron chi connectivity index (χ4n) is 3.63. The third kappa shape index (κ3) is 4.00. The average Bonchev–Trinajstić information content (AvgIpc) is 2.90. The van der Waals surface area contributed by atoms with E-state index in [4.69, 9.17) is 0 Å². The zero-order valence-electron chi connectivity index (χ0n) is 14.6. The molecule has 0 bridgehead atoms. The second-order valence-electron chi connectivity index (χ2n) is 6.91. The van der Waals surface area contributed by atoms with E-state index in [0.717, 1.165) is 36.1 Å². The maximum absolute atomic E-state index is 12.5. The van der Waals surface area contributed by atoms with Crippen LogP contribution in [0, 0.1) is 0 Å². The number of hydrogen-bond acceptors (Lipinski definition) is 3. The molecule has 0 spiro atoms. The van der Waals surface area contributed by atoms with Crippen LogP contribution in [-0.2, 0) is 16.0 Å². The second kappa shape index (κ2) is 7.68. The molecule has 1 aromatic carbocycles. The number of carbonyl (C=O) groups excluding carboxylic acids is 3. The molecule has 1 atom stereocenters. The minimum atomic E-state index is -0.595. The van der Waals surface area contributed by atoms with Gasteiger partial charge in [-0.05, 0) is 18.4 Å². The van der Waals surface area contributed by atoms with Gasteiger partial charge < -0.3 is 10.2 Å². The first-order chi connectivity index (χ1) is 12.1. The van der Waals surface area contributed by atoms with Gasteiger partial charge in [0.1, 0.15) is 12.6 Å². The predicted octanol–water partition coefficient (Wildman–Crippen LogP) is 1.94. The molecule has 2 aliphatic rings. The van der Waals surface area contributed by atoms with Crippen molar-refractivity contribution in [3.63, 3.8) is 0 Å². The van der Waals surface area contributed by atoms with Crippen LogP contribution in [0.15, 0.2) is 30.3 Å². The molecular weight excluding hydrogens is 318 g/mol. The van der Waals surface area contributed by atoms with Crippen molar-refractivity contribution in [2.24, 2.45) is 0 Å². The van der Waals surface area contributed by atoms with Crippen LogP contribution < -0.4 is 5.32 Å². The quantitative estimate of drug-likeness (QED) is 0.831. The Hall–Kier alpha value is -2.37. The first kappa shape index (κ1) is 17.5. The molecule has 6 heteroatoms. The molecule has 1 N–H and O–H groups in total.